The smallest absolute Gasteiger partial charge is 0.338 e. The topological polar surface area (TPSA) is 52.6 Å². The third kappa shape index (κ3) is 5.38. The van der Waals surface area contributed by atoms with Gasteiger partial charge in [0.1, 0.15) is 6.61 Å². The van der Waals surface area contributed by atoms with Gasteiger partial charge >= 0.3 is 11.9 Å². The van der Waals surface area contributed by atoms with Gasteiger partial charge in [0.25, 0.3) is 0 Å². The van der Waals surface area contributed by atoms with Crippen LogP contribution in [0.15, 0.2) is 42.5 Å². The number of benzene rings is 2. The molecule has 6 heteroatoms. The molecule has 0 unspecified atom stereocenters. The van der Waals surface area contributed by atoms with E-state index < -0.39 is 23.6 Å². The van der Waals surface area contributed by atoms with Crippen LogP contribution in [0.5, 0.6) is 0 Å². The summed E-state index contributed by atoms with van der Waals surface area (Å²) in [5, 5.41) is 0. The molecule has 2 rings (SSSR count). The summed E-state index contributed by atoms with van der Waals surface area (Å²) in [5.74, 6) is -2.83. The first-order valence-corrected chi connectivity index (χ1v) is 7.75. The van der Waals surface area contributed by atoms with E-state index in [0.717, 1.165) is 12.1 Å². The zero-order valence-corrected chi connectivity index (χ0v) is 13.9. The molecule has 0 saturated heterocycles. The molecule has 0 atom stereocenters. The highest BCUT2D eigenvalue weighted by atomic mass is 19.2. The molecule has 0 saturated carbocycles. The van der Waals surface area contributed by atoms with E-state index in [-0.39, 0.29) is 18.1 Å². The van der Waals surface area contributed by atoms with Gasteiger partial charge in [0.2, 0.25) is 0 Å². The second kappa shape index (κ2) is 8.37. The van der Waals surface area contributed by atoms with Crippen LogP contribution < -0.4 is 0 Å². The first kappa shape index (κ1) is 18.6. The Morgan fingerprint density at radius 1 is 0.880 bits per heavy atom. The van der Waals surface area contributed by atoms with Crippen molar-refractivity contribution in [3.8, 4) is 0 Å². The van der Waals surface area contributed by atoms with Crippen LogP contribution in [0.2, 0.25) is 0 Å². The van der Waals surface area contributed by atoms with Crippen LogP contribution in [0.1, 0.15) is 40.1 Å². The fourth-order valence-corrected chi connectivity index (χ4v) is 1.93. The number of hydrogen-bond acceptors (Lipinski definition) is 4. The van der Waals surface area contributed by atoms with Gasteiger partial charge in [0, 0.05) is 0 Å². The minimum atomic E-state index is -1.00. The SMILES string of the molecule is CC(C)COC(=O)c1ccc(C(=O)OCc2ccc(F)c(F)c2)cc1. The van der Waals surface area contributed by atoms with E-state index >= 15 is 0 Å². The quantitative estimate of drug-likeness (QED) is 0.737. The average Bonchev–Trinajstić information content (AvgIpc) is 2.60. The molecular weight excluding hydrogens is 330 g/mol. The fraction of sp³-hybridized carbons (Fsp3) is 0.263. The summed E-state index contributed by atoms with van der Waals surface area (Å²) in [7, 11) is 0. The van der Waals surface area contributed by atoms with E-state index in [9.17, 15) is 18.4 Å². The first-order valence-electron chi connectivity index (χ1n) is 7.75. The molecule has 2 aromatic carbocycles. The molecule has 0 aliphatic carbocycles. The number of halogens is 2. The largest absolute Gasteiger partial charge is 0.462 e. The molecule has 132 valence electrons. The summed E-state index contributed by atoms with van der Waals surface area (Å²) < 4.78 is 36.1. The molecule has 4 nitrogen and oxygen atoms in total. The lowest BCUT2D eigenvalue weighted by Crippen LogP contribution is -2.11. The lowest BCUT2D eigenvalue weighted by atomic mass is 10.1. The molecule has 0 aliphatic heterocycles. The minimum Gasteiger partial charge on any atom is -0.462 e. The summed E-state index contributed by atoms with van der Waals surface area (Å²) in [6, 6.07) is 9.10. The van der Waals surface area contributed by atoms with E-state index in [1.807, 2.05) is 13.8 Å². The summed E-state index contributed by atoms with van der Waals surface area (Å²) >= 11 is 0. The third-order valence-corrected chi connectivity index (χ3v) is 3.26. The van der Waals surface area contributed by atoms with Gasteiger partial charge in [-0.2, -0.15) is 0 Å². The van der Waals surface area contributed by atoms with Crippen LogP contribution in [-0.2, 0) is 16.1 Å². The molecule has 0 spiro atoms. The predicted octanol–water partition coefficient (Wildman–Crippen LogP) is 4.13. The molecule has 0 N–H and O–H groups in total. The van der Waals surface area contributed by atoms with Crippen molar-refractivity contribution in [2.45, 2.75) is 20.5 Å². The molecule has 0 radical (unpaired) electrons. The van der Waals surface area contributed by atoms with E-state index in [4.69, 9.17) is 9.47 Å². The summed E-state index contributed by atoms with van der Waals surface area (Å²) in [5.41, 5.74) is 0.905. The number of hydrogen-bond donors (Lipinski definition) is 0. The zero-order chi connectivity index (χ0) is 18.4. The van der Waals surface area contributed by atoms with Gasteiger partial charge in [-0.1, -0.05) is 19.9 Å². The van der Waals surface area contributed by atoms with Crippen molar-refractivity contribution in [1.29, 1.82) is 0 Å². The Balaban J connectivity index is 1.93. The highest BCUT2D eigenvalue weighted by Gasteiger charge is 2.12. The second-order valence-corrected chi connectivity index (χ2v) is 5.89. The van der Waals surface area contributed by atoms with Crippen molar-refractivity contribution < 1.29 is 27.8 Å². The zero-order valence-electron chi connectivity index (χ0n) is 13.9. The maximum Gasteiger partial charge on any atom is 0.338 e. The maximum atomic E-state index is 13.1. The molecule has 0 heterocycles. The number of ether oxygens (including phenoxy) is 2. The van der Waals surface area contributed by atoms with Crippen LogP contribution >= 0.6 is 0 Å². The van der Waals surface area contributed by atoms with Crippen LogP contribution in [0, 0.1) is 17.6 Å². The van der Waals surface area contributed by atoms with Gasteiger partial charge < -0.3 is 9.47 Å². The van der Waals surface area contributed by atoms with E-state index in [2.05, 4.69) is 0 Å². The lowest BCUT2D eigenvalue weighted by Gasteiger charge is -2.08. The van der Waals surface area contributed by atoms with Gasteiger partial charge in [-0.25, -0.2) is 18.4 Å². The van der Waals surface area contributed by atoms with E-state index in [1.165, 1.54) is 30.3 Å². The average molecular weight is 348 g/mol. The number of carbonyl (C=O) groups excluding carboxylic acids is 2. The van der Waals surface area contributed by atoms with E-state index in [0.29, 0.717) is 17.7 Å². The van der Waals surface area contributed by atoms with Gasteiger partial charge in [0.15, 0.2) is 11.6 Å². The van der Waals surface area contributed by atoms with Crippen LogP contribution in [-0.4, -0.2) is 18.5 Å². The van der Waals surface area contributed by atoms with Crippen molar-refractivity contribution in [3.05, 3.63) is 70.8 Å². The predicted molar refractivity (Wildman–Crippen MR) is 87.0 cm³/mol. The molecule has 0 aromatic heterocycles. The number of carbonyl (C=O) groups is 2. The maximum absolute atomic E-state index is 13.1. The molecule has 25 heavy (non-hydrogen) atoms. The van der Waals surface area contributed by atoms with Gasteiger partial charge in [0.05, 0.1) is 17.7 Å². The third-order valence-electron chi connectivity index (χ3n) is 3.26. The fourth-order valence-electron chi connectivity index (χ4n) is 1.93. The van der Waals surface area contributed by atoms with Crippen molar-refractivity contribution in [3.63, 3.8) is 0 Å². The Morgan fingerprint density at radius 2 is 1.44 bits per heavy atom. The Labute approximate surface area is 144 Å². The molecule has 0 aliphatic rings. The van der Waals surface area contributed by atoms with Gasteiger partial charge in [-0.15, -0.1) is 0 Å². The standard InChI is InChI=1S/C19H18F2O4/c1-12(2)10-24-18(22)14-4-6-15(7-5-14)19(23)25-11-13-3-8-16(20)17(21)9-13/h3-9,12H,10-11H2,1-2H3. The summed E-state index contributed by atoms with van der Waals surface area (Å²) in [6.07, 6.45) is 0. The molecule has 2 aromatic rings. The van der Waals surface area contributed by atoms with Crippen LogP contribution in [0.4, 0.5) is 8.78 Å². The highest BCUT2D eigenvalue weighted by molar-refractivity contribution is 5.93. The highest BCUT2D eigenvalue weighted by Crippen LogP contribution is 2.12. The molecule has 0 fully saturated rings. The van der Waals surface area contributed by atoms with Crippen molar-refractivity contribution in [2.24, 2.45) is 5.92 Å². The Morgan fingerprint density at radius 3 is 1.96 bits per heavy atom. The number of rotatable bonds is 6. The second-order valence-electron chi connectivity index (χ2n) is 5.89. The van der Waals surface area contributed by atoms with Gasteiger partial charge in [-0.05, 0) is 47.9 Å². The molecule has 0 amide bonds. The molecular formula is C19H18F2O4. The lowest BCUT2D eigenvalue weighted by molar-refractivity contribution is 0.0450. The van der Waals surface area contributed by atoms with Crippen molar-refractivity contribution in [2.75, 3.05) is 6.61 Å². The first-order chi connectivity index (χ1) is 11.9. The molecule has 0 bridgehead atoms. The monoisotopic (exact) mass is 348 g/mol. The summed E-state index contributed by atoms with van der Waals surface area (Å²) in [6.45, 7) is 3.99. The Kier molecular flexibility index (Phi) is 6.22. The van der Waals surface area contributed by atoms with Crippen molar-refractivity contribution >= 4 is 11.9 Å². The normalized spacial score (nSPS) is 10.6. The van der Waals surface area contributed by atoms with Crippen LogP contribution in [0.3, 0.4) is 0 Å². The van der Waals surface area contributed by atoms with Crippen molar-refractivity contribution in [1.82, 2.24) is 0 Å². The number of esters is 2. The Hall–Kier alpha value is -2.76. The van der Waals surface area contributed by atoms with Gasteiger partial charge in [-0.3, -0.25) is 0 Å². The van der Waals surface area contributed by atoms with E-state index in [1.54, 1.807) is 0 Å². The Bertz CT molecular complexity index is 755. The minimum absolute atomic E-state index is 0.186. The summed E-state index contributed by atoms with van der Waals surface area (Å²) in [4.78, 5) is 23.8. The van der Waals surface area contributed by atoms with Crippen LogP contribution in [0.25, 0.3) is 0 Å².